The molecule has 1 fully saturated rings. The maximum absolute atomic E-state index is 2.56. The smallest absolute Gasteiger partial charge is 0.0236 e. The van der Waals surface area contributed by atoms with Crippen LogP contribution >= 0.6 is 45.2 Å². The minimum Gasteiger partial charge on any atom is -0.0826 e. The van der Waals surface area contributed by atoms with Gasteiger partial charge in [-0.05, 0) is 12.3 Å². The molecule has 8 heavy (non-hydrogen) atoms. The van der Waals surface area contributed by atoms with Crippen LogP contribution in [-0.4, -0.2) is 7.35 Å². The van der Waals surface area contributed by atoms with E-state index in [2.05, 4.69) is 59.0 Å². The molecule has 0 radical (unpaired) electrons. The standard InChI is InChI=1S/C6H10I2/c1-4(7)5-3-6(5,2)8/h4-5H,3H2,1-2H3/t4?,5-,6?/m0/s1. The predicted octanol–water partition coefficient (Wildman–Crippen LogP) is 3.02. The number of alkyl halides is 2. The second-order valence-corrected chi connectivity index (χ2v) is 7.20. The second-order valence-electron chi connectivity index (χ2n) is 2.77. The van der Waals surface area contributed by atoms with Crippen molar-refractivity contribution >= 4 is 45.2 Å². The molecule has 0 heterocycles. The maximum atomic E-state index is 2.56. The molecule has 0 spiro atoms. The van der Waals surface area contributed by atoms with Crippen LogP contribution in [0.2, 0.25) is 0 Å². The first-order chi connectivity index (χ1) is 3.54. The van der Waals surface area contributed by atoms with Crippen molar-refractivity contribution in [3.8, 4) is 0 Å². The van der Waals surface area contributed by atoms with Crippen LogP contribution < -0.4 is 0 Å². The van der Waals surface area contributed by atoms with Crippen molar-refractivity contribution in [3.05, 3.63) is 0 Å². The molecule has 1 aliphatic carbocycles. The summed E-state index contributed by atoms with van der Waals surface area (Å²) in [5, 5.41) is 0. The molecule has 0 amide bonds. The lowest BCUT2D eigenvalue weighted by atomic mass is 10.3. The lowest BCUT2D eigenvalue weighted by molar-refractivity contribution is 0.804. The third-order valence-corrected chi connectivity index (χ3v) is 3.89. The normalized spacial score (nSPS) is 48.8. The van der Waals surface area contributed by atoms with Gasteiger partial charge in [0, 0.05) is 7.35 Å². The van der Waals surface area contributed by atoms with Gasteiger partial charge >= 0.3 is 0 Å². The Labute approximate surface area is 78.1 Å². The lowest BCUT2D eigenvalue weighted by Crippen LogP contribution is -2.01. The van der Waals surface area contributed by atoms with E-state index in [0.717, 1.165) is 9.84 Å². The van der Waals surface area contributed by atoms with Crippen molar-refractivity contribution in [2.45, 2.75) is 27.6 Å². The molecule has 3 atom stereocenters. The van der Waals surface area contributed by atoms with Crippen LogP contribution in [0.5, 0.6) is 0 Å². The lowest BCUT2D eigenvalue weighted by Gasteiger charge is -2.01. The molecule has 0 saturated heterocycles. The SMILES string of the molecule is CC(I)[C@@H]1CC1(C)I. The first kappa shape index (κ1) is 7.57. The first-order valence-corrected chi connectivity index (χ1v) is 5.19. The van der Waals surface area contributed by atoms with Gasteiger partial charge in [0.05, 0.1) is 0 Å². The summed E-state index contributed by atoms with van der Waals surface area (Å²) in [6, 6.07) is 0. The van der Waals surface area contributed by atoms with Crippen molar-refractivity contribution in [2.75, 3.05) is 0 Å². The van der Waals surface area contributed by atoms with E-state index in [1.54, 1.807) is 0 Å². The highest BCUT2D eigenvalue weighted by atomic mass is 127. The fourth-order valence-corrected chi connectivity index (χ4v) is 3.76. The Kier molecular flexibility index (Phi) is 2.13. The average molecular weight is 336 g/mol. The minimum absolute atomic E-state index is 0.651. The molecule has 1 aliphatic rings. The van der Waals surface area contributed by atoms with E-state index in [0.29, 0.717) is 3.42 Å². The first-order valence-electron chi connectivity index (χ1n) is 2.87. The Morgan fingerprint density at radius 2 is 2.12 bits per heavy atom. The Morgan fingerprint density at radius 3 is 2.12 bits per heavy atom. The Balaban J connectivity index is 2.37. The van der Waals surface area contributed by atoms with Gasteiger partial charge < -0.3 is 0 Å². The van der Waals surface area contributed by atoms with Crippen molar-refractivity contribution in [1.82, 2.24) is 0 Å². The van der Waals surface area contributed by atoms with Gasteiger partial charge in [-0.1, -0.05) is 59.0 Å². The van der Waals surface area contributed by atoms with E-state index in [1.165, 1.54) is 6.42 Å². The summed E-state index contributed by atoms with van der Waals surface area (Å²) in [5.74, 6) is 0.990. The molecule has 2 unspecified atom stereocenters. The van der Waals surface area contributed by atoms with Gasteiger partial charge in [-0.2, -0.15) is 0 Å². The Hall–Kier alpha value is 1.46. The van der Waals surface area contributed by atoms with E-state index >= 15 is 0 Å². The van der Waals surface area contributed by atoms with E-state index < -0.39 is 0 Å². The summed E-state index contributed by atoms with van der Waals surface area (Å²) in [5.41, 5.74) is 0. The van der Waals surface area contributed by atoms with Crippen LogP contribution in [0.4, 0.5) is 0 Å². The van der Waals surface area contributed by atoms with Gasteiger partial charge in [-0.25, -0.2) is 0 Å². The van der Waals surface area contributed by atoms with E-state index in [-0.39, 0.29) is 0 Å². The predicted molar refractivity (Wildman–Crippen MR) is 54.0 cm³/mol. The molecular weight excluding hydrogens is 326 g/mol. The van der Waals surface area contributed by atoms with Gasteiger partial charge in [0.1, 0.15) is 0 Å². The van der Waals surface area contributed by atoms with Gasteiger partial charge in [0.2, 0.25) is 0 Å². The number of hydrogen-bond acceptors (Lipinski definition) is 0. The molecule has 0 aromatic carbocycles. The topological polar surface area (TPSA) is 0 Å². The van der Waals surface area contributed by atoms with Gasteiger partial charge in [-0.3, -0.25) is 0 Å². The Bertz CT molecular complexity index is 96.7. The monoisotopic (exact) mass is 336 g/mol. The molecule has 0 aromatic heterocycles. The number of rotatable bonds is 1. The highest BCUT2D eigenvalue weighted by Gasteiger charge is 2.49. The van der Waals surface area contributed by atoms with Crippen LogP contribution in [-0.2, 0) is 0 Å². The summed E-state index contributed by atoms with van der Waals surface area (Å²) < 4.78 is 1.52. The largest absolute Gasteiger partial charge is 0.0826 e. The zero-order valence-corrected chi connectivity index (χ0v) is 9.43. The fourth-order valence-electron chi connectivity index (χ4n) is 1.01. The second kappa shape index (κ2) is 2.25. The zero-order chi connectivity index (χ0) is 6.36. The number of halogens is 2. The molecule has 48 valence electrons. The highest BCUT2D eigenvalue weighted by Crippen LogP contribution is 2.54. The summed E-state index contributed by atoms with van der Waals surface area (Å²) in [6.07, 6.45) is 1.43. The highest BCUT2D eigenvalue weighted by molar-refractivity contribution is 14.1. The van der Waals surface area contributed by atoms with Crippen LogP contribution in [0.1, 0.15) is 20.3 Å². The third-order valence-electron chi connectivity index (χ3n) is 1.79. The number of hydrogen-bond donors (Lipinski definition) is 0. The Morgan fingerprint density at radius 1 is 1.75 bits per heavy atom. The molecule has 0 N–H and O–H groups in total. The van der Waals surface area contributed by atoms with Crippen LogP contribution in [0.25, 0.3) is 0 Å². The third kappa shape index (κ3) is 1.49. The van der Waals surface area contributed by atoms with Gasteiger partial charge in [-0.15, -0.1) is 0 Å². The average Bonchev–Trinajstić information content (AvgIpc) is 2.13. The van der Waals surface area contributed by atoms with Crippen LogP contribution in [0.15, 0.2) is 0 Å². The maximum Gasteiger partial charge on any atom is 0.0236 e. The van der Waals surface area contributed by atoms with Crippen molar-refractivity contribution in [1.29, 1.82) is 0 Å². The van der Waals surface area contributed by atoms with E-state index in [1.807, 2.05) is 0 Å². The van der Waals surface area contributed by atoms with Crippen molar-refractivity contribution in [3.63, 3.8) is 0 Å². The van der Waals surface area contributed by atoms with Crippen molar-refractivity contribution in [2.24, 2.45) is 5.92 Å². The van der Waals surface area contributed by atoms with Crippen LogP contribution in [0, 0.1) is 5.92 Å². The molecule has 0 aliphatic heterocycles. The molecule has 1 rings (SSSR count). The molecule has 1 saturated carbocycles. The van der Waals surface area contributed by atoms with Crippen LogP contribution in [0.3, 0.4) is 0 Å². The van der Waals surface area contributed by atoms with Gasteiger partial charge in [0.25, 0.3) is 0 Å². The fraction of sp³-hybridized carbons (Fsp3) is 1.00. The summed E-state index contributed by atoms with van der Waals surface area (Å²) in [4.78, 5) is 0. The molecule has 0 aromatic rings. The summed E-state index contributed by atoms with van der Waals surface area (Å²) >= 11 is 5.08. The van der Waals surface area contributed by atoms with E-state index in [4.69, 9.17) is 0 Å². The van der Waals surface area contributed by atoms with Gasteiger partial charge in [0.15, 0.2) is 0 Å². The minimum atomic E-state index is 0.651. The summed E-state index contributed by atoms with van der Waals surface area (Å²) in [7, 11) is 0. The quantitative estimate of drug-likeness (QED) is 0.510. The molecule has 2 heteroatoms. The molecule has 0 nitrogen and oxygen atoms in total. The molecular formula is C6H10I2. The van der Waals surface area contributed by atoms with E-state index in [9.17, 15) is 0 Å². The van der Waals surface area contributed by atoms with Crippen molar-refractivity contribution < 1.29 is 0 Å². The zero-order valence-electron chi connectivity index (χ0n) is 5.12. The summed E-state index contributed by atoms with van der Waals surface area (Å²) in [6.45, 7) is 4.64. The molecule has 0 bridgehead atoms.